The number of halogens is 4. The fourth-order valence-electron chi connectivity index (χ4n) is 1.64. The van der Waals surface area contributed by atoms with Gasteiger partial charge in [-0.15, -0.1) is 0 Å². The molecule has 0 aromatic heterocycles. The van der Waals surface area contributed by atoms with Gasteiger partial charge in [0.25, 0.3) is 0 Å². The van der Waals surface area contributed by atoms with Crippen LogP contribution in [0.1, 0.15) is 0 Å². The molecule has 21 heavy (non-hydrogen) atoms. The average molecular weight is 420 g/mol. The Kier molecular flexibility index (Phi) is 5.30. The summed E-state index contributed by atoms with van der Waals surface area (Å²) in [5.74, 6) is -1.95. The Morgan fingerprint density at radius 1 is 1.10 bits per heavy atom. The maximum Gasteiger partial charge on any atom is 0.243 e. The van der Waals surface area contributed by atoms with Crippen LogP contribution >= 0.6 is 31.9 Å². The van der Waals surface area contributed by atoms with Crippen LogP contribution in [0, 0.1) is 11.6 Å². The third-order valence-electron chi connectivity index (χ3n) is 2.58. The second-order valence-corrected chi connectivity index (χ2v) is 5.90. The molecule has 2 N–H and O–H groups in total. The van der Waals surface area contributed by atoms with Crippen LogP contribution < -0.4 is 10.6 Å². The Morgan fingerprint density at radius 3 is 2.33 bits per heavy atom. The van der Waals surface area contributed by atoms with Crippen molar-refractivity contribution in [3.63, 3.8) is 0 Å². The highest BCUT2D eigenvalue weighted by Crippen LogP contribution is 2.24. The quantitative estimate of drug-likeness (QED) is 0.763. The molecule has 0 spiro atoms. The van der Waals surface area contributed by atoms with E-state index in [4.69, 9.17) is 0 Å². The fraction of sp³-hybridized carbons (Fsp3) is 0.0714. The van der Waals surface area contributed by atoms with Crippen LogP contribution in [0.15, 0.2) is 45.3 Å². The minimum Gasteiger partial charge on any atom is -0.371 e. The monoisotopic (exact) mass is 418 g/mol. The molecule has 0 saturated heterocycles. The summed E-state index contributed by atoms with van der Waals surface area (Å²) in [6.45, 7) is -0.253. The van der Waals surface area contributed by atoms with Gasteiger partial charge in [0.15, 0.2) is 0 Å². The summed E-state index contributed by atoms with van der Waals surface area (Å²) < 4.78 is 28.2. The van der Waals surface area contributed by atoms with Crippen LogP contribution in [-0.2, 0) is 4.79 Å². The largest absolute Gasteiger partial charge is 0.371 e. The Balaban J connectivity index is 2.01. The van der Waals surface area contributed by atoms with E-state index in [9.17, 15) is 13.6 Å². The molecule has 0 aliphatic carbocycles. The summed E-state index contributed by atoms with van der Waals surface area (Å²) in [5, 5.41) is 5.08. The molecule has 0 saturated carbocycles. The molecule has 0 aliphatic rings. The SMILES string of the molecule is O=C(CNc1c(F)cc(Br)cc1F)Nc1ccccc1Br. The lowest BCUT2D eigenvalue weighted by molar-refractivity contribution is -0.114. The molecule has 0 fully saturated rings. The van der Waals surface area contributed by atoms with Gasteiger partial charge in [0, 0.05) is 8.95 Å². The van der Waals surface area contributed by atoms with Crippen molar-refractivity contribution in [1.82, 2.24) is 0 Å². The first-order valence-corrected chi connectivity index (χ1v) is 7.49. The molecule has 2 rings (SSSR count). The van der Waals surface area contributed by atoms with Crippen molar-refractivity contribution < 1.29 is 13.6 Å². The minimum absolute atomic E-state index is 0.253. The van der Waals surface area contributed by atoms with E-state index in [1.54, 1.807) is 18.2 Å². The molecule has 0 aliphatic heterocycles. The van der Waals surface area contributed by atoms with E-state index in [1.807, 2.05) is 6.07 Å². The zero-order chi connectivity index (χ0) is 15.4. The zero-order valence-electron chi connectivity index (χ0n) is 10.6. The van der Waals surface area contributed by atoms with Gasteiger partial charge in [-0.2, -0.15) is 0 Å². The minimum atomic E-state index is -0.768. The van der Waals surface area contributed by atoms with Gasteiger partial charge < -0.3 is 10.6 Å². The average Bonchev–Trinajstić information content (AvgIpc) is 2.40. The van der Waals surface area contributed by atoms with E-state index in [2.05, 4.69) is 42.5 Å². The Bertz CT molecular complexity index is 657. The number of carbonyl (C=O) groups is 1. The van der Waals surface area contributed by atoms with Crippen LogP contribution in [0.4, 0.5) is 20.2 Å². The summed E-state index contributed by atoms with van der Waals surface area (Å²) >= 11 is 6.28. The van der Waals surface area contributed by atoms with Crippen LogP contribution in [0.25, 0.3) is 0 Å². The third-order valence-corrected chi connectivity index (χ3v) is 3.73. The van der Waals surface area contributed by atoms with Gasteiger partial charge in [-0.25, -0.2) is 8.78 Å². The molecule has 110 valence electrons. The van der Waals surface area contributed by atoms with Gasteiger partial charge in [0.1, 0.15) is 17.3 Å². The number of benzene rings is 2. The van der Waals surface area contributed by atoms with Crippen LogP contribution in [0.2, 0.25) is 0 Å². The normalized spacial score (nSPS) is 10.3. The van der Waals surface area contributed by atoms with E-state index in [0.29, 0.717) is 10.2 Å². The highest BCUT2D eigenvalue weighted by atomic mass is 79.9. The van der Waals surface area contributed by atoms with E-state index in [1.165, 1.54) is 0 Å². The summed E-state index contributed by atoms with van der Waals surface area (Å²) in [6, 6.07) is 9.31. The Morgan fingerprint density at radius 2 is 1.71 bits per heavy atom. The first kappa shape index (κ1) is 15.9. The Hall–Kier alpha value is -1.47. The molecule has 0 atom stereocenters. The highest BCUT2D eigenvalue weighted by Gasteiger charge is 2.12. The topological polar surface area (TPSA) is 41.1 Å². The number of hydrogen-bond donors (Lipinski definition) is 2. The van der Waals surface area contributed by atoms with Crippen molar-refractivity contribution in [3.05, 3.63) is 57.0 Å². The van der Waals surface area contributed by atoms with Crippen molar-refractivity contribution in [1.29, 1.82) is 0 Å². The second kappa shape index (κ2) is 7.00. The predicted molar refractivity (Wildman–Crippen MR) is 85.3 cm³/mol. The van der Waals surface area contributed by atoms with Gasteiger partial charge in [0.2, 0.25) is 5.91 Å². The third kappa shape index (κ3) is 4.25. The van der Waals surface area contributed by atoms with Gasteiger partial charge in [-0.1, -0.05) is 28.1 Å². The van der Waals surface area contributed by atoms with E-state index in [-0.39, 0.29) is 12.2 Å². The molecule has 1 amide bonds. The smallest absolute Gasteiger partial charge is 0.243 e. The van der Waals surface area contributed by atoms with Crippen molar-refractivity contribution in [2.75, 3.05) is 17.2 Å². The molecule has 0 bridgehead atoms. The predicted octanol–water partition coefficient (Wildman–Crippen LogP) is 4.54. The number of anilines is 2. The van der Waals surface area contributed by atoms with Crippen LogP contribution in [0.3, 0.4) is 0 Å². The molecule has 2 aromatic rings. The van der Waals surface area contributed by atoms with E-state index in [0.717, 1.165) is 16.6 Å². The van der Waals surface area contributed by atoms with Gasteiger partial charge in [-0.3, -0.25) is 4.79 Å². The first-order chi connectivity index (χ1) is 9.97. The Labute approximate surface area is 137 Å². The maximum atomic E-state index is 13.6. The lowest BCUT2D eigenvalue weighted by atomic mass is 10.3. The van der Waals surface area contributed by atoms with Crippen molar-refractivity contribution >= 4 is 49.1 Å². The standard InChI is InChI=1S/C14H10Br2F2N2O/c15-8-5-10(17)14(11(18)6-8)19-7-13(21)20-12-4-2-1-3-9(12)16/h1-6,19H,7H2,(H,20,21). The summed E-state index contributed by atoms with van der Waals surface area (Å²) in [4.78, 5) is 11.8. The summed E-state index contributed by atoms with van der Waals surface area (Å²) in [6.07, 6.45) is 0. The second-order valence-electron chi connectivity index (χ2n) is 4.13. The van der Waals surface area contributed by atoms with Crippen molar-refractivity contribution in [2.24, 2.45) is 0 Å². The lowest BCUT2D eigenvalue weighted by Gasteiger charge is -2.10. The molecule has 0 heterocycles. The molecule has 2 aromatic carbocycles. The number of rotatable bonds is 4. The fourth-order valence-corrected chi connectivity index (χ4v) is 2.42. The molecule has 0 radical (unpaired) electrons. The van der Waals surface area contributed by atoms with Crippen LogP contribution in [0.5, 0.6) is 0 Å². The maximum absolute atomic E-state index is 13.6. The van der Waals surface area contributed by atoms with Gasteiger partial charge in [0.05, 0.1) is 12.2 Å². The molecule has 3 nitrogen and oxygen atoms in total. The molecular formula is C14H10Br2F2N2O. The van der Waals surface area contributed by atoms with Crippen molar-refractivity contribution in [2.45, 2.75) is 0 Å². The summed E-state index contributed by atoms with van der Waals surface area (Å²) in [5.41, 5.74) is 0.251. The van der Waals surface area contributed by atoms with E-state index >= 15 is 0 Å². The number of amides is 1. The summed E-state index contributed by atoms with van der Waals surface area (Å²) in [7, 11) is 0. The lowest BCUT2D eigenvalue weighted by Crippen LogP contribution is -2.22. The van der Waals surface area contributed by atoms with Crippen LogP contribution in [-0.4, -0.2) is 12.5 Å². The van der Waals surface area contributed by atoms with Gasteiger partial charge in [-0.05, 0) is 40.2 Å². The number of carbonyl (C=O) groups excluding carboxylic acids is 1. The van der Waals surface area contributed by atoms with E-state index < -0.39 is 17.5 Å². The first-order valence-electron chi connectivity index (χ1n) is 5.90. The number of nitrogens with one attached hydrogen (secondary N) is 2. The number of para-hydroxylation sites is 1. The van der Waals surface area contributed by atoms with Gasteiger partial charge >= 0.3 is 0 Å². The molecule has 0 unspecified atom stereocenters. The van der Waals surface area contributed by atoms with Crippen molar-refractivity contribution in [3.8, 4) is 0 Å². The zero-order valence-corrected chi connectivity index (χ0v) is 13.8. The number of hydrogen-bond acceptors (Lipinski definition) is 2. The highest BCUT2D eigenvalue weighted by molar-refractivity contribution is 9.10. The molecular weight excluding hydrogens is 410 g/mol. The molecule has 7 heteroatoms.